The fraction of sp³-hybridized carbons (Fsp3) is 0.500. The fourth-order valence-corrected chi connectivity index (χ4v) is 6.46. The second kappa shape index (κ2) is 12.7. The van der Waals surface area contributed by atoms with Crippen molar-refractivity contribution in [2.45, 2.75) is 37.9 Å². The van der Waals surface area contributed by atoms with E-state index in [4.69, 9.17) is 5.73 Å². The molecule has 38 heavy (non-hydrogen) atoms. The van der Waals surface area contributed by atoms with Crippen LogP contribution in [0.5, 0.6) is 0 Å². The first-order chi connectivity index (χ1) is 18.3. The molecule has 1 aliphatic rings. The van der Waals surface area contributed by atoms with Crippen molar-refractivity contribution in [1.29, 1.82) is 0 Å². The van der Waals surface area contributed by atoms with Crippen LogP contribution in [0.1, 0.15) is 46.2 Å². The van der Waals surface area contributed by atoms with Gasteiger partial charge in [-0.25, -0.2) is 19.1 Å². The van der Waals surface area contributed by atoms with E-state index in [0.29, 0.717) is 28.8 Å². The number of nitrogens with zero attached hydrogens (tertiary/aromatic N) is 6. The number of imidazole rings is 1. The fourth-order valence-electron chi connectivity index (χ4n) is 5.01. The SMILES string of the molecule is CCn1c(CNC(=O)c2nc(CI)cnc2N)[n+](CC)c2cc(C(=O)N3CCN(CP(C)C)CC3)ccc21. The van der Waals surface area contributed by atoms with E-state index in [-0.39, 0.29) is 31.2 Å². The normalized spacial score (nSPS) is 14.4. The molecule has 10 nitrogen and oxygen atoms in total. The molecule has 1 fully saturated rings. The van der Waals surface area contributed by atoms with Crippen molar-refractivity contribution in [3.63, 3.8) is 0 Å². The molecule has 0 atom stereocenters. The Balaban J connectivity index is 1.56. The van der Waals surface area contributed by atoms with Crippen molar-refractivity contribution in [3.05, 3.63) is 47.2 Å². The van der Waals surface area contributed by atoms with Crippen LogP contribution in [0, 0.1) is 0 Å². The Morgan fingerprint density at radius 3 is 2.55 bits per heavy atom. The number of benzene rings is 1. The molecule has 2 aromatic heterocycles. The number of hydrogen-bond acceptors (Lipinski definition) is 6. The Labute approximate surface area is 238 Å². The zero-order valence-electron chi connectivity index (χ0n) is 22.6. The minimum Gasteiger partial charge on any atom is -0.382 e. The number of piperazine rings is 1. The molecule has 0 spiro atoms. The highest BCUT2D eigenvalue weighted by Crippen LogP contribution is 2.26. The first kappa shape index (κ1) is 28.6. The molecular weight excluding hydrogens is 614 g/mol. The van der Waals surface area contributed by atoms with Crippen molar-refractivity contribution in [1.82, 2.24) is 29.7 Å². The van der Waals surface area contributed by atoms with E-state index in [1.807, 2.05) is 23.1 Å². The Morgan fingerprint density at radius 2 is 1.92 bits per heavy atom. The van der Waals surface area contributed by atoms with E-state index >= 15 is 0 Å². The maximum atomic E-state index is 13.4. The maximum Gasteiger partial charge on any atom is 0.277 e. The minimum absolute atomic E-state index is 0.0282. The zero-order valence-corrected chi connectivity index (χ0v) is 25.6. The highest BCUT2D eigenvalue weighted by molar-refractivity contribution is 14.1. The maximum absolute atomic E-state index is 13.4. The molecule has 3 N–H and O–H groups in total. The first-order valence-electron chi connectivity index (χ1n) is 12.9. The molecule has 0 radical (unpaired) electrons. The lowest BCUT2D eigenvalue weighted by molar-refractivity contribution is -0.676. The third-order valence-corrected chi connectivity index (χ3v) is 8.56. The van der Waals surface area contributed by atoms with Crippen LogP contribution in [0.15, 0.2) is 24.4 Å². The van der Waals surface area contributed by atoms with Gasteiger partial charge in [0, 0.05) is 48.5 Å². The molecule has 12 heteroatoms. The van der Waals surface area contributed by atoms with Crippen LogP contribution in [-0.4, -0.2) is 81.9 Å². The summed E-state index contributed by atoms with van der Waals surface area (Å²) in [5.74, 6) is 0.784. The molecule has 3 aromatic rings. The van der Waals surface area contributed by atoms with Gasteiger partial charge >= 0.3 is 0 Å². The van der Waals surface area contributed by atoms with E-state index in [0.717, 1.165) is 55.9 Å². The Kier molecular flexibility index (Phi) is 9.54. The number of amides is 2. The molecule has 204 valence electrons. The number of alkyl halides is 1. The number of halogens is 1. The van der Waals surface area contributed by atoms with Gasteiger partial charge in [0.1, 0.15) is 6.54 Å². The lowest BCUT2D eigenvalue weighted by Crippen LogP contribution is -2.48. The van der Waals surface area contributed by atoms with Crippen molar-refractivity contribution < 1.29 is 14.2 Å². The van der Waals surface area contributed by atoms with Crippen LogP contribution in [0.3, 0.4) is 0 Å². The van der Waals surface area contributed by atoms with Crippen LogP contribution in [0.25, 0.3) is 11.0 Å². The van der Waals surface area contributed by atoms with Crippen LogP contribution in [0.2, 0.25) is 0 Å². The lowest BCUT2D eigenvalue weighted by Gasteiger charge is -2.35. The number of anilines is 1. The molecule has 1 aliphatic heterocycles. The summed E-state index contributed by atoms with van der Waals surface area (Å²) in [6.45, 7) is 13.8. The number of carbonyl (C=O) groups is 2. The van der Waals surface area contributed by atoms with Gasteiger partial charge < -0.3 is 16.0 Å². The molecule has 0 bridgehead atoms. The summed E-state index contributed by atoms with van der Waals surface area (Å²) < 4.78 is 4.98. The summed E-state index contributed by atoms with van der Waals surface area (Å²) in [5.41, 5.74) is 9.50. The molecule has 0 saturated carbocycles. The molecule has 0 aliphatic carbocycles. The number of nitrogens with one attached hydrogen (secondary N) is 1. The predicted octanol–water partition coefficient (Wildman–Crippen LogP) is 2.66. The average molecular weight is 652 g/mol. The van der Waals surface area contributed by atoms with Gasteiger partial charge in [-0.3, -0.25) is 14.5 Å². The molecule has 2 amide bonds. The number of carbonyl (C=O) groups excluding carboxylic acids is 2. The topological polar surface area (TPSA) is 113 Å². The van der Waals surface area contributed by atoms with Gasteiger partial charge in [0.15, 0.2) is 22.5 Å². The summed E-state index contributed by atoms with van der Waals surface area (Å²) in [4.78, 5) is 39.3. The third-order valence-electron chi connectivity index (χ3n) is 6.81. The molecular formula is C26H37IN8O2P+. The van der Waals surface area contributed by atoms with Crippen molar-refractivity contribution in [3.8, 4) is 0 Å². The lowest BCUT2D eigenvalue weighted by atomic mass is 10.1. The van der Waals surface area contributed by atoms with Crippen molar-refractivity contribution in [2.24, 2.45) is 0 Å². The van der Waals surface area contributed by atoms with Crippen LogP contribution < -0.4 is 15.6 Å². The van der Waals surface area contributed by atoms with Crippen molar-refractivity contribution in [2.75, 3.05) is 51.5 Å². The Morgan fingerprint density at radius 1 is 1.18 bits per heavy atom. The molecule has 1 saturated heterocycles. The quantitative estimate of drug-likeness (QED) is 0.159. The zero-order chi connectivity index (χ0) is 27.4. The van der Waals surface area contributed by atoms with Gasteiger partial charge in [-0.1, -0.05) is 30.5 Å². The van der Waals surface area contributed by atoms with Crippen molar-refractivity contribution >= 4 is 59.2 Å². The van der Waals surface area contributed by atoms with Gasteiger partial charge in [0.2, 0.25) is 0 Å². The summed E-state index contributed by atoms with van der Waals surface area (Å²) in [7, 11) is 0.0282. The van der Waals surface area contributed by atoms with Gasteiger partial charge in [-0.2, -0.15) is 0 Å². The van der Waals surface area contributed by atoms with Gasteiger partial charge in [-0.05, 0) is 39.3 Å². The standard InChI is InChI=1S/C26H36IN8O2P/c1-5-34-20-8-7-18(26(37)33-11-9-32(10-12-33)17-38(3)4)13-21(20)35(6-2)22(34)16-30-25(36)23-24(28)29-15-19(14-27)31-23/h7-8,13,15H,5-6,9-12,14,16-17H2,1-4H3,(H2-,28,29,30,36)/p+1. The van der Waals surface area contributed by atoms with E-state index in [2.05, 4.69) is 79.1 Å². The molecule has 0 unspecified atom stereocenters. The summed E-state index contributed by atoms with van der Waals surface area (Å²) in [5, 5.41) is 2.98. The van der Waals surface area contributed by atoms with E-state index in [1.165, 1.54) is 0 Å². The van der Waals surface area contributed by atoms with E-state index in [1.54, 1.807) is 6.20 Å². The highest BCUT2D eigenvalue weighted by atomic mass is 127. The van der Waals surface area contributed by atoms with Gasteiger partial charge in [-0.15, -0.1) is 0 Å². The van der Waals surface area contributed by atoms with Crippen LogP contribution >= 0.6 is 30.5 Å². The number of fused-ring (bicyclic) bond motifs is 1. The van der Waals surface area contributed by atoms with E-state index in [9.17, 15) is 9.59 Å². The second-order valence-electron chi connectivity index (χ2n) is 9.65. The summed E-state index contributed by atoms with van der Waals surface area (Å²) in [6.07, 6.45) is 2.72. The molecule has 3 heterocycles. The third kappa shape index (κ3) is 6.10. The predicted molar refractivity (Wildman–Crippen MR) is 160 cm³/mol. The number of aromatic nitrogens is 4. The second-order valence-corrected chi connectivity index (χ2v) is 12.9. The first-order valence-corrected chi connectivity index (χ1v) is 16.9. The summed E-state index contributed by atoms with van der Waals surface area (Å²) >= 11 is 2.18. The number of nitrogens with two attached hydrogens (primary N) is 1. The largest absolute Gasteiger partial charge is 0.382 e. The van der Waals surface area contributed by atoms with E-state index < -0.39 is 0 Å². The highest BCUT2D eigenvalue weighted by Gasteiger charge is 2.28. The number of nitrogen functional groups attached to an aromatic ring is 1. The smallest absolute Gasteiger partial charge is 0.277 e. The number of aryl methyl sites for hydroxylation is 2. The van der Waals surface area contributed by atoms with Gasteiger partial charge in [0.05, 0.1) is 25.0 Å². The van der Waals surface area contributed by atoms with Gasteiger partial charge in [0.25, 0.3) is 17.6 Å². The van der Waals surface area contributed by atoms with Crippen LogP contribution in [-0.2, 0) is 24.1 Å². The minimum atomic E-state index is -0.356. The Hall–Kier alpha value is -2.37. The monoisotopic (exact) mass is 651 g/mol. The molecule has 4 rings (SSSR count). The Bertz CT molecular complexity index is 1320. The number of rotatable bonds is 9. The van der Waals surface area contributed by atoms with Crippen LogP contribution in [0.4, 0.5) is 5.82 Å². The average Bonchev–Trinajstić information content (AvgIpc) is 3.23. The number of hydrogen-bond donors (Lipinski definition) is 2. The summed E-state index contributed by atoms with van der Waals surface area (Å²) in [6, 6.07) is 5.94. The molecule has 1 aromatic carbocycles.